The van der Waals surface area contributed by atoms with Gasteiger partial charge in [-0.2, -0.15) is 0 Å². The number of para-hydroxylation sites is 1. The van der Waals surface area contributed by atoms with Gasteiger partial charge in [0.2, 0.25) is 0 Å². The van der Waals surface area contributed by atoms with Gasteiger partial charge in [0.15, 0.2) is 0 Å². The predicted octanol–water partition coefficient (Wildman–Crippen LogP) is -0.420. The van der Waals surface area contributed by atoms with Gasteiger partial charge in [0, 0.05) is 5.39 Å². The molecule has 0 spiro atoms. The van der Waals surface area contributed by atoms with Gasteiger partial charge < -0.3 is 20.4 Å². The van der Waals surface area contributed by atoms with Crippen LogP contribution in [0.25, 0.3) is 10.9 Å². The Morgan fingerprint density at radius 1 is 1.33 bits per heavy atom. The number of fused-ring (bicyclic) bond motifs is 1. The largest absolute Gasteiger partial charge is 0.506 e. The first-order valence-electron chi connectivity index (χ1n) is 5.88. The summed E-state index contributed by atoms with van der Waals surface area (Å²) in [5, 5.41) is 20.9. The molecule has 0 radical (unpaired) electrons. The minimum atomic E-state index is -1.27. The number of carbonyl (C=O) groups is 2. The lowest BCUT2D eigenvalue weighted by Crippen LogP contribution is -2.37. The first kappa shape index (κ1) is 14.4. The van der Waals surface area contributed by atoms with Gasteiger partial charge in [-0.3, -0.25) is 14.4 Å². The van der Waals surface area contributed by atoms with Gasteiger partial charge in [-0.15, -0.1) is 4.73 Å². The number of rotatable bonds is 4. The number of benzene rings is 1. The van der Waals surface area contributed by atoms with E-state index in [1.54, 1.807) is 18.2 Å². The van der Waals surface area contributed by atoms with Crippen molar-refractivity contribution in [2.24, 2.45) is 0 Å². The Labute approximate surface area is 118 Å². The molecule has 1 aromatic heterocycles. The topological polar surface area (TPSA) is 118 Å². The lowest BCUT2D eigenvalue weighted by Gasteiger charge is -2.12. The van der Waals surface area contributed by atoms with E-state index in [1.165, 1.54) is 13.2 Å². The molecule has 1 amide bonds. The van der Waals surface area contributed by atoms with Gasteiger partial charge in [0.05, 0.1) is 5.52 Å². The summed E-state index contributed by atoms with van der Waals surface area (Å²) < 4.78 is 0.852. The Kier molecular flexibility index (Phi) is 3.79. The highest BCUT2D eigenvalue weighted by molar-refractivity contribution is 6.02. The number of carboxylic acid groups (broad SMARTS) is 1. The zero-order chi connectivity index (χ0) is 15.6. The molecule has 1 aromatic carbocycles. The molecule has 0 saturated carbocycles. The second-order valence-electron chi connectivity index (χ2n) is 4.10. The number of aromatic hydroxyl groups is 1. The van der Waals surface area contributed by atoms with Crippen LogP contribution in [0.1, 0.15) is 10.4 Å². The highest BCUT2D eigenvalue weighted by Crippen LogP contribution is 2.25. The van der Waals surface area contributed by atoms with E-state index in [2.05, 4.69) is 0 Å². The number of hydrogen-bond acceptors (Lipinski definition) is 5. The van der Waals surface area contributed by atoms with E-state index in [1.807, 2.05) is 5.32 Å². The molecule has 8 nitrogen and oxygen atoms in total. The highest BCUT2D eigenvalue weighted by Gasteiger charge is 2.22. The van der Waals surface area contributed by atoms with E-state index >= 15 is 0 Å². The summed E-state index contributed by atoms with van der Waals surface area (Å²) in [5.41, 5.74) is -1.16. The van der Waals surface area contributed by atoms with Crippen molar-refractivity contribution in [1.82, 2.24) is 10.0 Å². The molecule has 0 aliphatic rings. The van der Waals surface area contributed by atoms with Gasteiger partial charge in [-0.05, 0) is 12.1 Å². The van der Waals surface area contributed by atoms with E-state index in [-0.39, 0.29) is 10.9 Å². The Morgan fingerprint density at radius 2 is 2.00 bits per heavy atom. The number of nitrogens with zero attached hydrogens (tertiary/aromatic N) is 1. The number of aromatic nitrogens is 1. The van der Waals surface area contributed by atoms with Crippen LogP contribution in [0.2, 0.25) is 0 Å². The zero-order valence-corrected chi connectivity index (χ0v) is 11.0. The van der Waals surface area contributed by atoms with E-state index in [4.69, 9.17) is 9.94 Å². The van der Waals surface area contributed by atoms with E-state index in [0.717, 1.165) is 4.73 Å². The molecular weight excluding hydrogens is 280 g/mol. The van der Waals surface area contributed by atoms with Crippen LogP contribution in [0.5, 0.6) is 5.75 Å². The fourth-order valence-corrected chi connectivity index (χ4v) is 1.93. The molecule has 0 atom stereocenters. The van der Waals surface area contributed by atoms with Crippen LogP contribution < -0.4 is 15.7 Å². The SMILES string of the molecule is COn1c(=O)c(C(=O)NCC(=O)O)c(O)c2ccccc21. The van der Waals surface area contributed by atoms with Crippen LogP contribution in [0.15, 0.2) is 29.1 Å². The van der Waals surface area contributed by atoms with E-state index in [9.17, 15) is 19.5 Å². The lowest BCUT2D eigenvalue weighted by atomic mass is 10.1. The fourth-order valence-electron chi connectivity index (χ4n) is 1.93. The predicted molar refractivity (Wildman–Crippen MR) is 72.3 cm³/mol. The van der Waals surface area contributed by atoms with Gasteiger partial charge in [0.1, 0.15) is 25.0 Å². The fraction of sp³-hybridized carbons (Fsp3) is 0.154. The molecule has 0 bridgehead atoms. The number of aliphatic carboxylic acids is 1. The van der Waals surface area contributed by atoms with Crippen LogP contribution in [-0.4, -0.2) is 40.5 Å². The average Bonchev–Trinajstić information content (AvgIpc) is 2.46. The summed E-state index contributed by atoms with van der Waals surface area (Å²) in [5.74, 6) is -2.78. The summed E-state index contributed by atoms with van der Waals surface area (Å²) in [4.78, 5) is 39.5. The molecule has 110 valence electrons. The molecule has 2 aromatic rings. The third kappa shape index (κ3) is 2.50. The van der Waals surface area contributed by atoms with Gasteiger partial charge >= 0.3 is 5.97 Å². The van der Waals surface area contributed by atoms with Crippen molar-refractivity contribution in [1.29, 1.82) is 0 Å². The molecule has 0 saturated heterocycles. The van der Waals surface area contributed by atoms with Gasteiger partial charge in [-0.25, -0.2) is 0 Å². The van der Waals surface area contributed by atoms with E-state index in [0.29, 0.717) is 0 Å². The molecule has 2 rings (SSSR count). The van der Waals surface area contributed by atoms with Crippen LogP contribution in [0.3, 0.4) is 0 Å². The number of amides is 1. The zero-order valence-electron chi connectivity index (χ0n) is 11.0. The quantitative estimate of drug-likeness (QED) is 0.704. The first-order valence-corrected chi connectivity index (χ1v) is 5.88. The van der Waals surface area contributed by atoms with Crippen molar-refractivity contribution < 1.29 is 24.6 Å². The smallest absolute Gasteiger partial charge is 0.322 e. The molecule has 21 heavy (non-hydrogen) atoms. The molecular formula is C13H12N2O6. The van der Waals surface area contributed by atoms with Crippen molar-refractivity contribution in [3.8, 4) is 5.75 Å². The van der Waals surface area contributed by atoms with Crippen molar-refractivity contribution >= 4 is 22.8 Å². The third-order valence-electron chi connectivity index (χ3n) is 2.82. The van der Waals surface area contributed by atoms with Gasteiger partial charge in [-0.1, -0.05) is 12.1 Å². The maximum atomic E-state index is 12.2. The number of pyridine rings is 1. The van der Waals surface area contributed by atoms with E-state index < -0.39 is 35.3 Å². The van der Waals surface area contributed by atoms with Crippen molar-refractivity contribution in [2.75, 3.05) is 13.7 Å². The van der Waals surface area contributed by atoms with Crippen LogP contribution >= 0.6 is 0 Å². The summed E-state index contributed by atoms with van der Waals surface area (Å²) in [6.07, 6.45) is 0. The minimum Gasteiger partial charge on any atom is -0.506 e. The van der Waals surface area contributed by atoms with Crippen molar-refractivity contribution in [3.05, 3.63) is 40.2 Å². The van der Waals surface area contributed by atoms with Crippen LogP contribution in [-0.2, 0) is 4.79 Å². The Balaban J connectivity index is 2.66. The summed E-state index contributed by atoms with van der Waals surface area (Å²) in [7, 11) is 1.24. The maximum absolute atomic E-state index is 12.2. The second kappa shape index (κ2) is 5.53. The highest BCUT2D eigenvalue weighted by atomic mass is 16.6. The standard InChI is InChI=1S/C13H12N2O6/c1-21-15-8-5-3-2-4-7(8)11(18)10(13(15)20)12(19)14-6-9(16)17/h2-5,18H,6H2,1H3,(H,14,19)(H,16,17). The molecule has 0 aliphatic heterocycles. The third-order valence-corrected chi connectivity index (χ3v) is 2.82. The first-order chi connectivity index (χ1) is 9.97. The number of carboxylic acids is 1. The molecule has 0 fully saturated rings. The molecule has 0 aliphatic carbocycles. The summed E-state index contributed by atoms with van der Waals surface area (Å²) in [6, 6.07) is 6.30. The Morgan fingerprint density at radius 3 is 2.62 bits per heavy atom. The van der Waals surface area contributed by atoms with Crippen LogP contribution in [0.4, 0.5) is 0 Å². The van der Waals surface area contributed by atoms with Crippen molar-refractivity contribution in [3.63, 3.8) is 0 Å². The summed E-state index contributed by atoms with van der Waals surface area (Å²) >= 11 is 0. The monoisotopic (exact) mass is 292 g/mol. The minimum absolute atomic E-state index is 0.236. The number of hydrogen-bond donors (Lipinski definition) is 3. The molecule has 0 unspecified atom stereocenters. The average molecular weight is 292 g/mol. The maximum Gasteiger partial charge on any atom is 0.322 e. The van der Waals surface area contributed by atoms with Crippen LogP contribution in [0, 0.1) is 0 Å². The summed E-state index contributed by atoms with van der Waals surface area (Å²) in [6.45, 7) is -0.669. The van der Waals surface area contributed by atoms with Crippen molar-refractivity contribution in [2.45, 2.75) is 0 Å². The normalized spacial score (nSPS) is 10.3. The number of carbonyl (C=O) groups excluding carboxylic acids is 1. The molecule has 1 heterocycles. The van der Waals surface area contributed by atoms with Gasteiger partial charge in [0.25, 0.3) is 11.5 Å². The Bertz CT molecular complexity index is 780. The molecule has 8 heteroatoms. The number of nitrogens with one attached hydrogen (secondary N) is 1. The molecule has 3 N–H and O–H groups in total. The lowest BCUT2D eigenvalue weighted by molar-refractivity contribution is -0.135. The second-order valence-corrected chi connectivity index (χ2v) is 4.10. The Hall–Kier alpha value is -3.03.